The zero-order valence-electron chi connectivity index (χ0n) is 27.4. The van der Waals surface area contributed by atoms with Crippen LogP contribution in [0.3, 0.4) is 0 Å². The molecule has 13 N–H and O–H groups in total. The van der Waals surface area contributed by atoms with Crippen LogP contribution in [0.15, 0.2) is 11.8 Å². The van der Waals surface area contributed by atoms with Crippen molar-refractivity contribution in [1.29, 1.82) is 0 Å². The monoisotopic (exact) mass is 647 g/mol. The lowest BCUT2D eigenvalue weighted by molar-refractivity contribution is -0.303. The van der Waals surface area contributed by atoms with Crippen LogP contribution in [0.1, 0.15) is 90.9 Å². The van der Waals surface area contributed by atoms with Crippen LogP contribution in [0.25, 0.3) is 0 Å². The molecule has 2 aliphatic heterocycles. The van der Waals surface area contributed by atoms with Crippen molar-refractivity contribution in [3.05, 3.63) is 11.8 Å². The highest BCUT2D eigenvalue weighted by molar-refractivity contribution is 5.66. The third kappa shape index (κ3) is 12.6. The lowest BCUT2D eigenvalue weighted by Crippen LogP contribution is -2.68. The summed E-state index contributed by atoms with van der Waals surface area (Å²) in [4.78, 5) is 10.2. The molecule has 3 rings (SSSR count). The van der Waals surface area contributed by atoms with E-state index < -0.39 is 72.7 Å². The largest absolute Gasteiger partial charge is 0.481 e. The van der Waals surface area contributed by atoms with Gasteiger partial charge in [-0.3, -0.25) is 4.79 Å². The highest BCUT2D eigenvalue weighted by Crippen LogP contribution is 2.31. The Bertz CT molecular complexity index is 882. The van der Waals surface area contributed by atoms with E-state index in [0.717, 1.165) is 12.8 Å². The number of hydrogen-bond donors (Lipinski definition) is 9. The Morgan fingerprint density at radius 3 is 2.04 bits per heavy atom. The van der Waals surface area contributed by atoms with Gasteiger partial charge in [-0.25, -0.2) is 0 Å². The predicted molar refractivity (Wildman–Crippen MR) is 170 cm³/mol. The minimum Gasteiger partial charge on any atom is -0.481 e. The molecule has 14 nitrogen and oxygen atoms in total. The number of likely N-dealkylation sites (N-methyl/N-ethyl adjacent to an activating group) is 1. The number of unbranched alkanes of at least 4 members (excludes halogenated alkanes) is 8. The Labute approximate surface area is 268 Å². The summed E-state index contributed by atoms with van der Waals surface area (Å²) in [7, 11) is 1.62. The van der Waals surface area contributed by atoms with Crippen molar-refractivity contribution >= 4 is 5.97 Å². The van der Waals surface area contributed by atoms with Crippen molar-refractivity contribution in [3.8, 4) is 0 Å². The number of carboxylic acids is 1. The van der Waals surface area contributed by atoms with E-state index in [1.807, 2.05) is 0 Å². The third-order valence-electron chi connectivity index (χ3n) is 8.72. The minimum absolute atomic E-state index is 0.0727. The van der Waals surface area contributed by atoms with Crippen LogP contribution >= 0.6 is 0 Å². The van der Waals surface area contributed by atoms with Crippen LogP contribution in [-0.2, 0) is 23.7 Å². The number of carboxylic acid groups (broad SMARTS) is 1. The number of aliphatic hydroxyl groups is 3. The van der Waals surface area contributed by atoms with Gasteiger partial charge in [0.05, 0.1) is 25.2 Å². The molecule has 0 radical (unpaired) electrons. The second-order valence-electron chi connectivity index (χ2n) is 12.8. The Morgan fingerprint density at radius 2 is 1.51 bits per heavy atom. The van der Waals surface area contributed by atoms with Gasteiger partial charge in [0.25, 0.3) is 0 Å². The topological polar surface area (TPSA) is 251 Å². The van der Waals surface area contributed by atoms with Gasteiger partial charge in [0, 0.05) is 18.5 Å². The molecule has 264 valence electrons. The summed E-state index contributed by atoms with van der Waals surface area (Å²) in [5, 5.41) is 43.3. The van der Waals surface area contributed by atoms with Crippen molar-refractivity contribution < 1.29 is 44.2 Å². The molecular weight excluding hydrogens is 586 g/mol. The van der Waals surface area contributed by atoms with Crippen molar-refractivity contribution in [2.45, 2.75) is 158 Å². The molecule has 0 aromatic heterocycles. The normalized spacial score (nSPS) is 36.8. The molecular formula is C31H61N5O9. The van der Waals surface area contributed by atoms with Gasteiger partial charge < -0.3 is 67.6 Å². The average molecular weight is 648 g/mol. The van der Waals surface area contributed by atoms with Crippen LogP contribution in [0.2, 0.25) is 0 Å². The Kier molecular flexibility index (Phi) is 17.7. The quantitative estimate of drug-likeness (QED) is 0.101. The molecule has 14 heteroatoms. The van der Waals surface area contributed by atoms with Gasteiger partial charge in [-0.15, -0.1) is 0 Å². The van der Waals surface area contributed by atoms with Crippen molar-refractivity contribution in [1.82, 2.24) is 5.32 Å². The molecule has 1 saturated heterocycles. The average Bonchev–Trinajstić information content (AvgIpc) is 2.98. The number of rotatable bonds is 16. The number of nitrogens with one attached hydrogen (secondary N) is 1. The molecule has 1 saturated carbocycles. The molecule has 11 atom stereocenters. The van der Waals surface area contributed by atoms with Gasteiger partial charge >= 0.3 is 5.97 Å². The highest BCUT2D eigenvalue weighted by Gasteiger charge is 2.50. The van der Waals surface area contributed by atoms with E-state index in [2.05, 4.69) is 12.2 Å². The first-order valence-corrected chi connectivity index (χ1v) is 16.6. The number of hydrogen-bond acceptors (Lipinski definition) is 13. The number of aliphatic carboxylic acids is 1. The Balaban J connectivity index is 0.000000426. The molecule has 45 heavy (non-hydrogen) atoms. The second-order valence-corrected chi connectivity index (χ2v) is 12.8. The molecule has 0 bridgehead atoms. The number of ether oxygens (including phenoxy) is 4. The first-order chi connectivity index (χ1) is 21.4. The van der Waals surface area contributed by atoms with Gasteiger partial charge in [-0.05, 0) is 39.3 Å². The van der Waals surface area contributed by atoms with Crippen molar-refractivity contribution in [3.63, 3.8) is 0 Å². The SMILES string of the molecule is CCCCCCCCCCCC(=O)O.CN[C@@H]1[C@@H](O)[C@@H](O[C@@H]2[C@@H](O)[C@H](OC3OC(CN)=CCC3N)[C@@H](N)C[C@H]2N)OC[C@]1(C)O. The third-order valence-corrected chi connectivity index (χ3v) is 8.72. The predicted octanol–water partition coefficient (Wildman–Crippen LogP) is 0.140. The van der Waals surface area contributed by atoms with Gasteiger partial charge in [0.1, 0.15) is 35.8 Å². The summed E-state index contributed by atoms with van der Waals surface area (Å²) >= 11 is 0. The molecule has 0 spiro atoms. The summed E-state index contributed by atoms with van der Waals surface area (Å²) in [6, 6.07) is -2.37. The van der Waals surface area contributed by atoms with E-state index in [0.29, 0.717) is 25.0 Å². The molecule has 0 aromatic carbocycles. The minimum atomic E-state index is -1.29. The van der Waals surface area contributed by atoms with E-state index >= 15 is 0 Å². The number of aliphatic hydroxyl groups excluding tert-OH is 2. The fraction of sp³-hybridized carbons (Fsp3) is 0.903. The zero-order valence-corrected chi connectivity index (χ0v) is 27.4. The van der Waals surface area contributed by atoms with Crippen molar-refractivity contribution in [2.24, 2.45) is 22.9 Å². The summed E-state index contributed by atoms with van der Waals surface area (Å²) in [5.74, 6) is -0.105. The maximum absolute atomic E-state index is 11.0. The molecule has 1 aliphatic carbocycles. The van der Waals surface area contributed by atoms with E-state index in [1.165, 1.54) is 44.9 Å². The van der Waals surface area contributed by atoms with E-state index in [-0.39, 0.29) is 13.2 Å². The van der Waals surface area contributed by atoms with Crippen LogP contribution in [-0.4, -0.2) is 113 Å². The summed E-state index contributed by atoms with van der Waals surface area (Å²) in [6.45, 7) is 3.91. The van der Waals surface area contributed by atoms with Crippen LogP contribution in [0, 0.1) is 0 Å². The van der Waals surface area contributed by atoms with Crippen molar-refractivity contribution in [2.75, 3.05) is 20.2 Å². The molecule has 3 aliphatic rings. The van der Waals surface area contributed by atoms with Gasteiger partial charge in [-0.1, -0.05) is 58.3 Å². The van der Waals surface area contributed by atoms with Crippen LogP contribution in [0.5, 0.6) is 0 Å². The fourth-order valence-electron chi connectivity index (χ4n) is 6.02. The van der Waals surface area contributed by atoms with Crippen LogP contribution < -0.4 is 28.3 Å². The second kappa shape index (κ2) is 20.1. The maximum atomic E-state index is 11.0. The molecule has 2 fully saturated rings. The standard InChI is InChI=1S/C19H37N5O7.C12H24O2/c1-19(27)7-28-18(13(26)16(19)24-2)31-15-11(23)5-10(22)14(12(15)25)30-17-9(21)4-3-8(6-20)29-17;1-2-3-4-5-6-7-8-9-10-11-12(13)14/h3,9-18,24-27H,4-7,20-23H2,1-2H3;2-11H2,1H3,(H,13,14)/t9?,10-,11+,12-,13+,14+,15-,16+,17?,18+,19-;/m0./s1. The number of nitrogens with two attached hydrogens (primary N) is 4. The zero-order chi connectivity index (χ0) is 33.6. The molecule has 0 amide bonds. The Morgan fingerprint density at radius 1 is 0.956 bits per heavy atom. The Hall–Kier alpha value is -1.43. The van der Waals surface area contributed by atoms with E-state index in [9.17, 15) is 20.1 Å². The lowest BCUT2D eigenvalue weighted by Gasteiger charge is -2.48. The summed E-state index contributed by atoms with van der Waals surface area (Å²) in [5.41, 5.74) is 22.9. The van der Waals surface area contributed by atoms with E-state index in [1.54, 1.807) is 20.0 Å². The highest BCUT2D eigenvalue weighted by atomic mass is 16.7. The van der Waals surface area contributed by atoms with Crippen LogP contribution in [0.4, 0.5) is 0 Å². The van der Waals surface area contributed by atoms with Gasteiger partial charge in [-0.2, -0.15) is 0 Å². The first-order valence-electron chi connectivity index (χ1n) is 16.6. The van der Waals surface area contributed by atoms with E-state index in [4.69, 9.17) is 47.0 Å². The summed E-state index contributed by atoms with van der Waals surface area (Å²) < 4.78 is 23.1. The first kappa shape index (κ1) is 39.7. The maximum Gasteiger partial charge on any atom is 0.303 e. The number of carbonyl (C=O) groups is 1. The smallest absolute Gasteiger partial charge is 0.303 e. The summed E-state index contributed by atoms with van der Waals surface area (Å²) in [6.07, 6.45) is 7.92. The van der Waals surface area contributed by atoms with Gasteiger partial charge in [0.2, 0.25) is 6.29 Å². The molecule has 2 unspecified atom stereocenters. The van der Waals surface area contributed by atoms with Gasteiger partial charge in [0.15, 0.2) is 6.29 Å². The fourth-order valence-corrected chi connectivity index (χ4v) is 6.02. The molecule has 0 aromatic rings. The molecule has 2 heterocycles. The lowest BCUT2D eigenvalue weighted by atomic mass is 9.84.